The predicted octanol–water partition coefficient (Wildman–Crippen LogP) is 2.59. The third kappa shape index (κ3) is 3.08. The number of aliphatic hydroxyl groups is 2. The molecule has 1 unspecified atom stereocenters. The maximum absolute atomic E-state index is 12.9. The van der Waals surface area contributed by atoms with Crippen LogP contribution in [-0.4, -0.2) is 34.1 Å². The number of ether oxygens (including phenoxy) is 3. The second-order valence-electron chi connectivity index (χ2n) is 6.64. The van der Waals surface area contributed by atoms with Crippen LogP contribution in [-0.2, 0) is 16.6 Å². The fourth-order valence-electron chi connectivity index (χ4n) is 3.58. The first-order valence-electron chi connectivity index (χ1n) is 9.00. The van der Waals surface area contributed by atoms with Gasteiger partial charge in [0.2, 0.25) is 6.79 Å². The molecular formula is C21H21NO6. The Morgan fingerprint density at radius 1 is 1.14 bits per heavy atom. The molecule has 7 heteroatoms. The summed E-state index contributed by atoms with van der Waals surface area (Å²) in [4.78, 5) is 12.9. The molecule has 7 nitrogen and oxygen atoms in total. The Bertz CT molecular complexity index is 1040. The van der Waals surface area contributed by atoms with E-state index < -0.39 is 12.2 Å². The molecule has 146 valence electrons. The average Bonchev–Trinajstić information content (AvgIpc) is 3.26. The monoisotopic (exact) mass is 383 g/mol. The number of fused-ring (bicyclic) bond motifs is 2. The van der Waals surface area contributed by atoms with Crippen molar-refractivity contribution in [1.29, 1.82) is 0 Å². The molecule has 2 N–H and O–H groups in total. The van der Waals surface area contributed by atoms with Gasteiger partial charge in [0.1, 0.15) is 5.92 Å². The lowest BCUT2D eigenvalue weighted by atomic mass is 9.90. The van der Waals surface area contributed by atoms with Crippen LogP contribution in [0.3, 0.4) is 0 Å². The maximum atomic E-state index is 12.9. The minimum absolute atomic E-state index is 0.156. The minimum atomic E-state index is -1.56. The molecule has 4 rings (SSSR count). The normalized spacial score (nSPS) is 13.9. The Balaban J connectivity index is 1.86. The molecular weight excluding hydrogens is 362 g/mol. The lowest BCUT2D eigenvalue weighted by molar-refractivity contribution is -0.143. The second kappa shape index (κ2) is 7.18. The molecule has 0 bridgehead atoms. The zero-order valence-corrected chi connectivity index (χ0v) is 15.6. The van der Waals surface area contributed by atoms with Crippen molar-refractivity contribution in [2.24, 2.45) is 7.05 Å². The lowest BCUT2D eigenvalue weighted by Gasteiger charge is -2.16. The number of esters is 1. The van der Waals surface area contributed by atoms with E-state index in [0.29, 0.717) is 17.1 Å². The van der Waals surface area contributed by atoms with Gasteiger partial charge < -0.3 is 29.0 Å². The average molecular weight is 383 g/mol. The second-order valence-corrected chi connectivity index (χ2v) is 6.64. The molecule has 0 aliphatic carbocycles. The fraction of sp³-hybridized carbons (Fsp3) is 0.286. The fourth-order valence-corrected chi connectivity index (χ4v) is 3.58. The van der Waals surface area contributed by atoms with Gasteiger partial charge in [-0.05, 0) is 36.2 Å². The van der Waals surface area contributed by atoms with Gasteiger partial charge in [-0.3, -0.25) is 4.79 Å². The Hall–Kier alpha value is -3.03. The first kappa shape index (κ1) is 18.3. The highest BCUT2D eigenvalue weighted by Gasteiger charge is 2.29. The summed E-state index contributed by atoms with van der Waals surface area (Å²) < 4.78 is 18.0. The number of aliphatic hydroxyl groups excluding tert-OH is 1. The third-order valence-corrected chi connectivity index (χ3v) is 4.91. The first-order valence-corrected chi connectivity index (χ1v) is 9.00. The highest BCUT2D eigenvalue weighted by atomic mass is 16.7. The topological polar surface area (TPSA) is 90.2 Å². The van der Waals surface area contributed by atoms with E-state index in [1.54, 1.807) is 37.3 Å². The Kier molecular flexibility index (Phi) is 4.70. The van der Waals surface area contributed by atoms with Crippen molar-refractivity contribution in [2.75, 3.05) is 13.4 Å². The highest BCUT2D eigenvalue weighted by molar-refractivity contribution is 5.93. The van der Waals surface area contributed by atoms with Crippen molar-refractivity contribution < 1.29 is 29.2 Å². The highest BCUT2D eigenvalue weighted by Crippen LogP contribution is 2.39. The van der Waals surface area contributed by atoms with E-state index >= 15 is 0 Å². The molecule has 1 atom stereocenters. The molecule has 0 fully saturated rings. The van der Waals surface area contributed by atoms with Crippen LogP contribution in [0.15, 0.2) is 42.6 Å². The standard InChI is InChI=1S/C21H21NO6/c1-3-26-21(25)19(12-5-7-17-18(9-12)28-11-27-17)15-10-22(2)16-8-13(20(23)24)4-6-14(15)16/h4-10,19-20,23-24H,3,11H2,1-2H3. The molecule has 0 radical (unpaired) electrons. The molecule has 28 heavy (non-hydrogen) atoms. The first-order chi connectivity index (χ1) is 13.5. The molecule has 1 aliphatic heterocycles. The van der Waals surface area contributed by atoms with E-state index in [-0.39, 0.29) is 19.4 Å². The molecule has 0 saturated heterocycles. The summed E-state index contributed by atoms with van der Waals surface area (Å²) in [5.41, 5.74) is 2.68. The Morgan fingerprint density at radius 2 is 1.89 bits per heavy atom. The predicted molar refractivity (Wildman–Crippen MR) is 101 cm³/mol. The van der Waals surface area contributed by atoms with Crippen molar-refractivity contribution in [2.45, 2.75) is 19.1 Å². The summed E-state index contributed by atoms with van der Waals surface area (Å²) in [5, 5.41) is 19.8. The summed E-state index contributed by atoms with van der Waals surface area (Å²) in [5.74, 6) is 0.228. The van der Waals surface area contributed by atoms with Crippen LogP contribution in [0.2, 0.25) is 0 Å². The Labute approximate surface area is 161 Å². The summed E-state index contributed by atoms with van der Waals surface area (Å²) >= 11 is 0. The van der Waals surface area contributed by atoms with E-state index in [9.17, 15) is 15.0 Å². The van der Waals surface area contributed by atoms with Gasteiger partial charge in [-0.2, -0.15) is 0 Å². The molecule has 0 spiro atoms. The number of carbonyl (C=O) groups is 1. The van der Waals surface area contributed by atoms with Gasteiger partial charge in [-0.15, -0.1) is 0 Å². The van der Waals surface area contributed by atoms with Gasteiger partial charge in [0.25, 0.3) is 0 Å². The SMILES string of the molecule is CCOC(=O)C(c1ccc2c(c1)OCO2)c1cn(C)c2cc(C(O)O)ccc12. The van der Waals surface area contributed by atoms with Crippen LogP contribution in [0.5, 0.6) is 11.5 Å². The van der Waals surface area contributed by atoms with Crippen LogP contribution in [0, 0.1) is 0 Å². The van der Waals surface area contributed by atoms with Crippen LogP contribution < -0.4 is 9.47 Å². The summed E-state index contributed by atoms with van der Waals surface area (Å²) in [6.07, 6.45) is 0.308. The molecule has 2 heterocycles. The molecule has 2 aromatic carbocycles. The van der Waals surface area contributed by atoms with Gasteiger partial charge in [0, 0.05) is 29.7 Å². The quantitative estimate of drug-likeness (QED) is 0.520. The van der Waals surface area contributed by atoms with E-state index in [2.05, 4.69) is 0 Å². The van der Waals surface area contributed by atoms with Gasteiger partial charge in [-0.1, -0.05) is 18.2 Å². The zero-order valence-electron chi connectivity index (χ0n) is 15.6. The maximum Gasteiger partial charge on any atom is 0.317 e. The van der Waals surface area contributed by atoms with Gasteiger partial charge in [0.05, 0.1) is 6.61 Å². The third-order valence-electron chi connectivity index (χ3n) is 4.91. The summed E-state index contributed by atoms with van der Waals surface area (Å²) in [6, 6.07) is 10.5. The smallest absolute Gasteiger partial charge is 0.317 e. The van der Waals surface area contributed by atoms with Crippen molar-refractivity contribution in [3.63, 3.8) is 0 Å². The van der Waals surface area contributed by atoms with Crippen LogP contribution in [0.4, 0.5) is 0 Å². The van der Waals surface area contributed by atoms with Gasteiger partial charge in [-0.25, -0.2) is 0 Å². The van der Waals surface area contributed by atoms with Crippen LogP contribution >= 0.6 is 0 Å². The van der Waals surface area contributed by atoms with E-state index in [1.165, 1.54) is 0 Å². The largest absolute Gasteiger partial charge is 0.465 e. The van der Waals surface area contributed by atoms with Gasteiger partial charge >= 0.3 is 5.97 Å². The molecule has 3 aromatic rings. The molecule has 0 saturated carbocycles. The number of carbonyl (C=O) groups excluding carboxylic acids is 1. The van der Waals surface area contributed by atoms with Gasteiger partial charge in [0.15, 0.2) is 17.8 Å². The number of rotatable bonds is 5. The minimum Gasteiger partial charge on any atom is -0.465 e. The van der Waals surface area contributed by atoms with Crippen LogP contribution in [0.1, 0.15) is 35.8 Å². The molecule has 0 amide bonds. The Morgan fingerprint density at radius 3 is 2.64 bits per heavy atom. The van der Waals surface area contributed by atoms with E-state index in [0.717, 1.165) is 22.0 Å². The number of aryl methyl sites for hydroxylation is 1. The van der Waals surface area contributed by atoms with E-state index in [4.69, 9.17) is 14.2 Å². The summed E-state index contributed by atoms with van der Waals surface area (Å²) in [6.45, 7) is 2.20. The van der Waals surface area contributed by atoms with Crippen molar-refractivity contribution >= 4 is 16.9 Å². The number of hydrogen-bond donors (Lipinski definition) is 2. The lowest BCUT2D eigenvalue weighted by Crippen LogP contribution is -2.17. The number of nitrogens with zero attached hydrogens (tertiary/aromatic N) is 1. The van der Waals surface area contributed by atoms with Crippen molar-refractivity contribution in [3.05, 3.63) is 59.3 Å². The molecule has 1 aliphatic rings. The van der Waals surface area contributed by atoms with E-state index in [1.807, 2.05) is 23.9 Å². The molecule has 1 aromatic heterocycles. The van der Waals surface area contributed by atoms with Crippen LogP contribution in [0.25, 0.3) is 10.9 Å². The zero-order chi connectivity index (χ0) is 19.8. The summed E-state index contributed by atoms with van der Waals surface area (Å²) in [7, 11) is 1.85. The van der Waals surface area contributed by atoms with Crippen molar-refractivity contribution in [3.8, 4) is 11.5 Å². The number of hydrogen-bond acceptors (Lipinski definition) is 6. The number of benzene rings is 2. The van der Waals surface area contributed by atoms with Crippen molar-refractivity contribution in [1.82, 2.24) is 4.57 Å². The number of aromatic nitrogens is 1.